The van der Waals surface area contributed by atoms with Gasteiger partial charge >= 0.3 is 0 Å². The first-order chi connectivity index (χ1) is 12.7. The zero-order chi connectivity index (χ0) is 20.0. The van der Waals surface area contributed by atoms with E-state index in [1.165, 1.54) is 17.3 Å². The molecule has 9 heteroatoms. The highest BCUT2D eigenvalue weighted by atomic mass is 32.2. The molecule has 2 amide bonds. The van der Waals surface area contributed by atoms with Crippen LogP contribution in [0, 0.1) is 6.92 Å². The van der Waals surface area contributed by atoms with Gasteiger partial charge in [-0.1, -0.05) is 6.07 Å². The van der Waals surface area contributed by atoms with Gasteiger partial charge in [0.05, 0.1) is 11.4 Å². The van der Waals surface area contributed by atoms with E-state index in [1.807, 2.05) is 11.8 Å². The van der Waals surface area contributed by atoms with Crippen LogP contribution in [0.2, 0.25) is 0 Å². The first-order valence-corrected chi connectivity index (χ1v) is 10.6. The Morgan fingerprint density at radius 1 is 1.15 bits per heavy atom. The summed E-state index contributed by atoms with van der Waals surface area (Å²) >= 11 is 0. The van der Waals surface area contributed by atoms with Crippen LogP contribution < -0.4 is 10.6 Å². The number of nitrogens with one attached hydrogen (secondary N) is 2. The average Bonchev–Trinajstić information content (AvgIpc) is 2.82. The number of nitrogens with zero attached hydrogens (tertiary/aromatic N) is 2. The molecule has 1 aromatic rings. The smallest absolute Gasteiger partial charge is 0.243 e. The van der Waals surface area contributed by atoms with Crippen LogP contribution in [0.5, 0.6) is 0 Å². The number of hydrogen-bond donors (Lipinski definition) is 2. The Morgan fingerprint density at radius 2 is 1.89 bits per heavy atom. The molecule has 0 spiro atoms. The zero-order valence-corrected chi connectivity index (χ0v) is 16.9. The molecule has 0 unspecified atom stereocenters. The minimum absolute atomic E-state index is 0.0485. The Balaban J connectivity index is 2.15. The predicted octanol–water partition coefficient (Wildman–Crippen LogP) is 0.786. The van der Waals surface area contributed by atoms with Crippen LogP contribution in [0.3, 0.4) is 0 Å². The van der Waals surface area contributed by atoms with Crippen LogP contribution in [0.4, 0.5) is 5.69 Å². The third-order valence-corrected chi connectivity index (χ3v) is 6.46. The highest BCUT2D eigenvalue weighted by Gasteiger charge is 2.28. The summed E-state index contributed by atoms with van der Waals surface area (Å²) in [6, 6.07) is 4.88. The van der Waals surface area contributed by atoms with Crippen molar-refractivity contribution in [1.29, 1.82) is 0 Å². The largest absolute Gasteiger partial charge is 0.355 e. The summed E-state index contributed by atoms with van der Waals surface area (Å²) in [7, 11) is -3.68. The molecule has 1 heterocycles. The van der Waals surface area contributed by atoms with E-state index in [-0.39, 0.29) is 23.3 Å². The maximum atomic E-state index is 13.1. The molecule has 0 saturated carbocycles. The Bertz CT molecular complexity index is 795. The third kappa shape index (κ3) is 5.75. The number of hydrogen-bond acceptors (Lipinski definition) is 5. The van der Waals surface area contributed by atoms with Crippen LogP contribution in [0.25, 0.3) is 0 Å². The van der Waals surface area contributed by atoms with Crippen molar-refractivity contribution >= 4 is 27.5 Å². The molecule has 0 bridgehead atoms. The molecule has 0 aliphatic carbocycles. The summed E-state index contributed by atoms with van der Waals surface area (Å²) in [5.41, 5.74) is 1.09. The van der Waals surface area contributed by atoms with E-state index in [2.05, 4.69) is 10.6 Å². The molecule has 0 aromatic heterocycles. The number of benzene rings is 1. The van der Waals surface area contributed by atoms with Crippen molar-refractivity contribution in [2.24, 2.45) is 0 Å². The first kappa shape index (κ1) is 21.3. The van der Waals surface area contributed by atoms with E-state index in [1.54, 1.807) is 19.1 Å². The summed E-state index contributed by atoms with van der Waals surface area (Å²) in [6.07, 6.45) is 0.656. The van der Waals surface area contributed by atoms with E-state index in [9.17, 15) is 18.0 Å². The SMILES string of the molecule is CCNC(=O)CN1CCCN(S(=O)(=O)c2cc(NC(C)=O)ccc2C)CC1. The van der Waals surface area contributed by atoms with Gasteiger partial charge in [0.1, 0.15) is 0 Å². The molecular weight excluding hydrogens is 368 g/mol. The summed E-state index contributed by atoms with van der Waals surface area (Å²) in [4.78, 5) is 25.2. The quantitative estimate of drug-likeness (QED) is 0.741. The maximum absolute atomic E-state index is 13.1. The highest BCUT2D eigenvalue weighted by molar-refractivity contribution is 7.89. The van der Waals surface area contributed by atoms with Gasteiger partial charge in [-0.25, -0.2) is 8.42 Å². The highest BCUT2D eigenvalue weighted by Crippen LogP contribution is 2.24. The molecule has 1 fully saturated rings. The fourth-order valence-electron chi connectivity index (χ4n) is 3.10. The van der Waals surface area contributed by atoms with Crippen LogP contribution in [0.1, 0.15) is 25.8 Å². The molecule has 1 aromatic carbocycles. The van der Waals surface area contributed by atoms with E-state index in [0.29, 0.717) is 50.4 Å². The summed E-state index contributed by atoms with van der Waals surface area (Å²) < 4.78 is 27.8. The fraction of sp³-hybridized carbons (Fsp3) is 0.556. The zero-order valence-electron chi connectivity index (χ0n) is 16.1. The topological polar surface area (TPSA) is 98.8 Å². The number of aryl methyl sites for hydroxylation is 1. The molecule has 150 valence electrons. The monoisotopic (exact) mass is 396 g/mol. The number of amides is 2. The van der Waals surface area contributed by atoms with Gasteiger partial charge in [0.2, 0.25) is 21.8 Å². The Hall–Kier alpha value is -1.97. The van der Waals surface area contributed by atoms with Gasteiger partial charge in [-0.3, -0.25) is 14.5 Å². The van der Waals surface area contributed by atoms with Crippen molar-refractivity contribution in [3.05, 3.63) is 23.8 Å². The summed E-state index contributed by atoms with van der Waals surface area (Å²) in [5, 5.41) is 5.39. The second-order valence-corrected chi connectivity index (χ2v) is 8.56. The number of sulfonamides is 1. The lowest BCUT2D eigenvalue weighted by Gasteiger charge is -2.22. The predicted molar refractivity (Wildman–Crippen MR) is 104 cm³/mol. The van der Waals surface area contributed by atoms with E-state index in [0.717, 1.165) is 0 Å². The first-order valence-electron chi connectivity index (χ1n) is 9.11. The molecule has 2 N–H and O–H groups in total. The lowest BCUT2D eigenvalue weighted by atomic mass is 10.2. The third-order valence-electron chi connectivity index (χ3n) is 4.41. The number of carbonyl (C=O) groups is 2. The van der Waals surface area contributed by atoms with E-state index < -0.39 is 10.0 Å². The van der Waals surface area contributed by atoms with Crippen molar-refractivity contribution in [2.45, 2.75) is 32.1 Å². The molecule has 0 radical (unpaired) electrons. The molecule has 1 aliphatic rings. The normalized spacial score (nSPS) is 16.6. The van der Waals surface area contributed by atoms with Gasteiger partial charge in [0, 0.05) is 38.8 Å². The number of carbonyl (C=O) groups excluding carboxylic acids is 2. The summed E-state index contributed by atoms with van der Waals surface area (Å²) in [5.74, 6) is -0.300. The number of likely N-dealkylation sites (N-methyl/N-ethyl adjacent to an activating group) is 1. The van der Waals surface area contributed by atoms with Crippen molar-refractivity contribution in [3.63, 3.8) is 0 Å². The van der Waals surface area contributed by atoms with Gasteiger partial charge in [-0.2, -0.15) is 4.31 Å². The lowest BCUT2D eigenvalue weighted by molar-refractivity contribution is -0.122. The Morgan fingerprint density at radius 3 is 2.56 bits per heavy atom. The average molecular weight is 397 g/mol. The molecule has 1 saturated heterocycles. The summed E-state index contributed by atoms with van der Waals surface area (Å²) in [6.45, 7) is 7.75. The van der Waals surface area contributed by atoms with E-state index >= 15 is 0 Å². The van der Waals surface area contributed by atoms with Crippen molar-refractivity contribution in [1.82, 2.24) is 14.5 Å². The van der Waals surface area contributed by atoms with Crippen LogP contribution in [0.15, 0.2) is 23.1 Å². The van der Waals surface area contributed by atoms with Crippen molar-refractivity contribution in [3.8, 4) is 0 Å². The van der Waals surface area contributed by atoms with Crippen molar-refractivity contribution in [2.75, 3.05) is 44.6 Å². The molecule has 1 aliphatic heterocycles. The van der Waals surface area contributed by atoms with Crippen LogP contribution in [-0.4, -0.2) is 68.7 Å². The van der Waals surface area contributed by atoms with E-state index in [4.69, 9.17) is 0 Å². The second kappa shape index (κ2) is 9.29. The maximum Gasteiger partial charge on any atom is 0.243 e. The number of rotatable bonds is 6. The van der Waals surface area contributed by atoms with Gasteiger partial charge in [0.15, 0.2) is 0 Å². The molecule has 2 rings (SSSR count). The molecule has 8 nitrogen and oxygen atoms in total. The lowest BCUT2D eigenvalue weighted by Crippen LogP contribution is -2.40. The standard InChI is InChI=1S/C18H28N4O4S/c1-4-19-18(24)13-21-8-5-9-22(11-10-21)27(25,26)17-12-16(20-15(3)23)7-6-14(17)2/h6-7,12H,4-5,8-11,13H2,1-3H3,(H,19,24)(H,20,23). The van der Waals surface area contributed by atoms with Gasteiger partial charge < -0.3 is 10.6 Å². The van der Waals surface area contributed by atoms with Gasteiger partial charge in [-0.05, 0) is 44.5 Å². The number of anilines is 1. The van der Waals surface area contributed by atoms with Crippen molar-refractivity contribution < 1.29 is 18.0 Å². The molecule has 27 heavy (non-hydrogen) atoms. The minimum atomic E-state index is -3.68. The fourth-order valence-corrected chi connectivity index (χ4v) is 4.82. The molecular formula is C18H28N4O4S. The van der Waals surface area contributed by atoms with Crippen LogP contribution >= 0.6 is 0 Å². The minimum Gasteiger partial charge on any atom is -0.355 e. The Kier molecular flexibility index (Phi) is 7.34. The van der Waals surface area contributed by atoms with Crippen LogP contribution in [-0.2, 0) is 19.6 Å². The Labute approximate surface area is 161 Å². The second-order valence-electron chi connectivity index (χ2n) is 6.65. The molecule has 0 atom stereocenters. The van der Waals surface area contributed by atoms with Gasteiger partial charge in [0.25, 0.3) is 0 Å². The van der Waals surface area contributed by atoms with Gasteiger partial charge in [-0.15, -0.1) is 0 Å².